The Morgan fingerprint density at radius 3 is 2.35 bits per heavy atom. The van der Waals surface area contributed by atoms with E-state index >= 15 is 0 Å². The highest BCUT2D eigenvalue weighted by Gasteiger charge is 2.22. The Labute approximate surface area is 183 Å². The molecule has 1 amide bonds. The first-order valence-corrected chi connectivity index (χ1v) is 11.1. The van der Waals surface area contributed by atoms with Gasteiger partial charge in [0.1, 0.15) is 5.00 Å². The summed E-state index contributed by atoms with van der Waals surface area (Å²) in [6.45, 7) is 2.77. The monoisotopic (exact) mass is 464 g/mol. The Morgan fingerprint density at radius 1 is 1.13 bits per heavy atom. The fourth-order valence-electron chi connectivity index (χ4n) is 2.43. The number of anilines is 1. The highest BCUT2D eigenvalue weighted by molar-refractivity contribution is 7.89. The van der Waals surface area contributed by atoms with Crippen LogP contribution in [0.15, 0.2) is 29.2 Å². The molecule has 164 valence electrons. The van der Waals surface area contributed by atoms with E-state index in [-0.39, 0.29) is 22.6 Å². The van der Waals surface area contributed by atoms with E-state index < -0.39 is 34.5 Å². The molecule has 2 rings (SSSR count). The fraction of sp³-hybridized carbons (Fsp3) is 0.250. The van der Waals surface area contributed by atoms with E-state index in [1.165, 1.54) is 42.7 Å². The number of hydrogen-bond acceptors (Lipinski definition) is 8. The molecular weight excluding hydrogens is 444 g/mol. The number of methoxy groups -OCH3 is 1. The predicted molar refractivity (Wildman–Crippen MR) is 115 cm³/mol. The van der Waals surface area contributed by atoms with Crippen LogP contribution in [-0.2, 0) is 24.3 Å². The van der Waals surface area contributed by atoms with Gasteiger partial charge in [-0.25, -0.2) is 18.0 Å². The molecule has 0 radical (unpaired) electrons. The molecule has 0 saturated carbocycles. The molecular formula is C20H20N2O7S2. The molecule has 0 aliphatic rings. The minimum absolute atomic E-state index is 0.0572. The van der Waals surface area contributed by atoms with Crippen molar-refractivity contribution in [2.75, 3.05) is 25.6 Å². The maximum absolute atomic E-state index is 12.2. The smallest absolute Gasteiger partial charge is 0.341 e. The predicted octanol–water partition coefficient (Wildman–Crippen LogP) is 1.86. The summed E-state index contributed by atoms with van der Waals surface area (Å²) in [7, 11) is -2.55. The van der Waals surface area contributed by atoms with Crippen molar-refractivity contribution in [2.45, 2.75) is 18.7 Å². The molecule has 2 aromatic rings. The lowest BCUT2D eigenvalue weighted by atomic mass is 10.1. The Hall–Kier alpha value is -3.20. The summed E-state index contributed by atoms with van der Waals surface area (Å²) in [5.41, 5.74) is 0.998. The first-order valence-electron chi connectivity index (χ1n) is 8.79. The van der Waals surface area contributed by atoms with Crippen molar-refractivity contribution in [2.24, 2.45) is 0 Å². The van der Waals surface area contributed by atoms with Crippen LogP contribution >= 0.6 is 11.3 Å². The van der Waals surface area contributed by atoms with Gasteiger partial charge < -0.3 is 14.8 Å². The molecule has 0 aliphatic heterocycles. The van der Waals surface area contributed by atoms with Crippen LogP contribution in [0, 0.1) is 26.2 Å². The van der Waals surface area contributed by atoms with E-state index in [1.807, 2.05) is 0 Å². The zero-order valence-electron chi connectivity index (χ0n) is 17.0. The van der Waals surface area contributed by atoms with Crippen molar-refractivity contribution >= 4 is 44.2 Å². The summed E-state index contributed by atoms with van der Waals surface area (Å²) in [5, 5.41) is 2.84. The third kappa shape index (κ3) is 5.91. The van der Waals surface area contributed by atoms with Gasteiger partial charge in [-0.1, -0.05) is 5.92 Å². The van der Waals surface area contributed by atoms with E-state index in [4.69, 9.17) is 15.9 Å². The fourth-order valence-corrected chi connectivity index (χ4v) is 4.43. The van der Waals surface area contributed by atoms with Gasteiger partial charge in [0.05, 0.1) is 29.7 Å². The van der Waals surface area contributed by atoms with Crippen molar-refractivity contribution in [1.29, 1.82) is 0 Å². The summed E-state index contributed by atoms with van der Waals surface area (Å²) < 4.78 is 35.8. The number of hydrogen-bond donors (Lipinski definition) is 2. The molecule has 0 aliphatic carbocycles. The van der Waals surface area contributed by atoms with Gasteiger partial charge in [0, 0.05) is 4.88 Å². The molecule has 0 saturated heterocycles. The number of carbonyl (C=O) groups excluding carboxylic acids is 3. The third-order valence-corrected chi connectivity index (χ3v) is 6.67. The molecule has 0 unspecified atom stereocenters. The number of aryl methyl sites for hydroxylation is 1. The molecule has 1 aromatic carbocycles. The van der Waals surface area contributed by atoms with Crippen LogP contribution in [0.4, 0.5) is 5.00 Å². The van der Waals surface area contributed by atoms with E-state index in [0.717, 1.165) is 4.88 Å². The number of benzene rings is 1. The Kier molecular flexibility index (Phi) is 7.93. The van der Waals surface area contributed by atoms with Gasteiger partial charge in [0.15, 0.2) is 6.61 Å². The lowest BCUT2D eigenvalue weighted by molar-refractivity contribution is -0.119. The number of esters is 2. The molecule has 9 nitrogen and oxygen atoms in total. The van der Waals surface area contributed by atoms with Gasteiger partial charge in [-0.15, -0.1) is 17.8 Å². The second kappa shape index (κ2) is 10.2. The third-order valence-electron chi connectivity index (χ3n) is 4.13. The molecule has 0 fully saturated rings. The van der Waals surface area contributed by atoms with Gasteiger partial charge in [-0.2, -0.15) is 4.72 Å². The van der Waals surface area contributed by atoms with Gasteiger partial charge >= 0.3 is 11.9 Å². The van der Waals surface area contributed by atoms with Crippen molar-refractivity contribution in [3.05, 3.63) is 45.8 Å². The lowest BCUT2D eigenvalue weighted by Gasteiger charge is -2.08. The van der Waals surface area contributed by atoms with E-state index in [1.54, 1.807) is 13.8 Å². The van der Waals surface area contributed by atoms with Crippen LogP contribution in [0.25, 0.3) is 0 Å². The quantitative estimate of drug-likeness (QED) is 0.451. The number of amides is 1. The van der Waals surface area contributed by atoms with E-state index in [2.05, 4.69) is 16.0 Å². The van der Waals surface area contributed by atoms with Crippen LogP contribution in [0.3, 0.4) is 0 Å². The molecule has 0 spiro atoms. The van der Waals surface area contributed by atoms with Gasteiger partial charge in [-0.05, 0) is 43.7 Å². The highest BCUT2D eigenvalue weighted by atomic mass is 32.2. The lowest BCUT2D eigenvalue weighted by Crippen LogP contribution is -2.24. The van der Waals surface area contributed by atoms with Gasteiger partial charge in [0.2, 0.25) is 10.0 Å². The molecule has 0 atom stereocenters. The van der Waals surface area contributed by atoms with Gasteiger partial charge in [-0.3, -0.25) is 4.79 Å². The number of ether oxygens (including phenoxy) is 2. The van der Waals surface area contributed by atoms with Crippen molar-refractivity contribution in [1.82, 2.24) is 4.72 Å². The maximum atomic E-state index is 12.2. The van der Waals surface area contributed by atoms with E-state index in [0.29, 0.717) is 10.6 Å². The molecule has 11 heteroatoms. The van der Waals surface area contributed by atoms with Gasteiger partial charge in [0.25, 0.3) is 5.91 Å². The summed E-state index contributed by atoms with van der Waals surface area (Å²) in [5.74, 6) is 0.117. The first-order chi connectivity index (χ1) is 14.6. The van der Waals surface area contributed by atoms with Crippen molar-refractivity contribution in [3.63, 3.8) is 0 Å². The summed E-state index contributed by atoms with van der Waals surface area (Å²) in [4.78, 5) is 37.0. The van der Waals surface area contributed by atoms with Crippen LogP contribution in [0.2, 0.25) is 0 Å². The van der Waals surface area contributed by atoms with Crippen molar-refractivity contribution in [3.8, 4) is 12.3 Å². The summed E-state index contributed by atoms with van der Waals surface area (Å²) in [6, 6.07) is 4.95. The molecule has 1 aromatic heterocycles. The molecule has 1 heterocycles. The Balaban J connectivity index is 2.01. The second-order valence-corrected chi connectivity index (χ2v) is 9.15. The number of rotatable bonds is 8. The van der Waals surface area contributed by atoms with Crippen molar-refractivity contribution < 1.29 is 32.3 Å². The first kappa shape index (κ1) is 24.1. The number of thiophene rings is 1. The normalized spacial score (nSPS) is 10.8. The standard InChI is InChI=1S/C20H20N2O7S2/c1-5-10-21-31(26,27)15-8-6-14(7-9-15)19(24)29-11-16(23)22-18-17(20(25)28-4)12(2)13(3)30-18/h1,6-9,21H,10-11H2,2-4H3,(H,22,23). The summed E-state index contributed by atoms with van der Waals surface area (Å²) in [6.07, 6.45) is 5.03. The molecule has 0 bridgehead atoms. The Morgan fingerprint density at radius 2 is 1.77 bits per heavy atom. The zero-order valence-corrected chi connectivity index (χ0v) is 18.6. The zero-order chi connectivity index (χ0) is 23.2. The number of nitrogens with one attached hydrogen (secondary N) is 2. The second-order valence-electron chi connectivity index (χ2n) is 6.16. The highest BCUT2D eigenvalue weighted by Crippen LogP contribution is 2.32. The molecule has 31 heavy (non-hydrogen) atoms. The minimum Gasteiger partial charge on any atom is -0.465 e. The summed E-state index contributed by atoms with van der Waals surface area (Å²) >= 11 is 1.20. The van der Waals surface area contributed by atoms with Crippen LogP contribution in [-0.4, -0.2) is 46.5 Å². The minimum atomic E-state index is -3.79. The average molecular weight is 465 g/mol. The number of carbonyl (C=O) groups is 3. The van der Waals surface area contributed by atoms with Crippen LogP contribution < -0.4 is 10.0 Å². The maximum Gasteiger partial charge on any atom is 0.341 e. The van der Waals surface area contributed by atoms with Crippen LogP contribution in [0.5, 0.6) is 0 Å². The van der Waals surface area contributed by atoms with Crippen LogP contribution in [0.1, 0.15) is 31.2 Å². The Bertz CT molecular complexity index is 1140. The SMILES string of the molecule is C#CCNS(=O)(=O)c1ccc(C(=O)OCC(=O)Nc2sc(C)c(C)c2C(=O)OC)cc1. The van der Waals surface area contributed by atoms with E-state index in [9.17, 15) is 22.8 Å². The number of sulfonamides is 1. The average Bonchev–Trinajstić information content (AvgIpc) is 3.03. The number of terminal acetylenes is 1. The largest absolute Gasteiger partial charge is 0.465 e. The molecule has 2 N–H and O–H groups in total. The topological polar surface area (TPSA) is 128 Å².